The molecule has 0 saturated heterocycles. The summed E-state index contributed by atoms with van der Waals surface area (Å²) < 4.78 is 40.7. The number of anilines is 2. The number of rotatable bonds is 7. The van der Waals surface area contributed by atoms with Gasteiger partial charge in [-0.1, -0.05) is 42.5 Å². The fourth-order valence-electron chi connectivity index (χ4n) is 2.95. The molecular weight excluding hydrogens is 415 g/mol. The molecule has 6 nitrogen and oxygen atoms in total. The van der Waals surface area contributed by atoms with Gasteiger partial charge in [0, 0.05) is 23.9 Å². The van der Waals surface area contributed by atoms with Crippen LogP contribution < -0.4 is 10.0 Å². The fourth-order valence-corrected chi connectivity index (χ4v) is 3.99. The van der Waals surface area contributed by atoms with Crippen LogP contribution in [-0.2, 0) is 16.6 Å². The van der Waals surface area contributed by atoms with Crippen LogP contribution in [0.15, 0.2) is 96.2 Å². The Balaban J connectivity index is 1.42. The van der Waals surface area contributed by atoms with Crippen molar-refractivity contribution in [3.63, 3.8) is 0 Å². The molecule has 0 bridgehead atoms. The second-order valence-electron chi connectivity index (χ2n) is 6.76. The van der Waals surface area contributed by atoms with Crippen LogP contribution in [-0.4, -0.2) is 18.4 Å². The lowest BCUT2D eigenvalue weighted by atomic mass is 10.1. The summed E-state index contributed by atoms with van der Waals surface area (Å²) in [6.45, 7) is 0.175. The summed E-state index contributed by atoms with van der Waals surface area (Å²) in [6.07, 6.45) is 1.41. The van der Waals surface area contributed by atoms with E-state index < -0.39 is 10.0 Å². The van der Waals surface area contributed by atoms with Crippen molar-refractivity contribution >= 4 is 21.5 Å². The van der Waals surface area contributed by atoms with Gasteiger partial charge in [-0.05, 0) is 42.0 Å². The van der Waals surface area contributed by atoms with E-state index in [0.29, 0.717) is 17.1 Å². The van der Waals surface area contributed by atoms with Crippen LogP contribution in [0.4, 0.5) is 15.9 Å². The second-order valence-corrected chi connectivity index (χ2v) is 8.53. The smallest absolute Gasteiger partial charge is 0.240 e. The number of halogens is 1. The summed E-state index contributed by atoms with van der Waals surface area (Å²) >= 11 is 0. The van der Waals surface area contributed by atoms with Gasteiger partial charge in [-0.2, -0.15) is 0 Å². The predicted octanol–water partition coefficient (Wildman–Crippen LogP) is 4.50. The van der Waals surface area contributed by atoms with Gasteiger partial charge in [-0.25, -0.2) is 27.5 Å². The van der Waals surface area contributed by atoms with Gasteiger partial charge in [-0.3, -0.25) is 0 Å². The SMILES string of the molecule is O=S(=O)(NCc1ccc(Nc2cc(-c3cccc(F)c3)ncn2)cc1)c1ccccc1. The van der Waals surface area contributed by atoms with Gasteiger partial charge < -0.3 is 5.32 Å². The molecule has 3 aromatic carbocycles. The Bertz CT molecular complexity index is 1280. The molecule has 0 aliphatic heterocycles. The predicted molar refractivity (Wildman–Crippen MR) is 118 cm³/mol. The van der Waals surface area contributed by atoms with Crippen molar-refractivity contribution in [2.75, 3.05) is 5.32 Å². The summed E-state index contributed by atoms with van der Waals surface area (Å²) in [5, 5.41) is 3.17. The lowest BCUT2D eigenvalue weighted by molar-refractivity contribution is 0.581. The highest BCUT2D eigenvalue weighted by Crippen LogP contribution is 2.22. The highest BCUT2D eigenvalue weighted by Gasteiger charge is 2.12. The summed E-state index contributed by atoms with van der Waals surface area (Å²) in [5.41, 5.74) is 2.85. The molecule has 4 aromatic rings. The Hall–Kier alpha value is -3.62. The van der Waals surface area contributed by atoms with Crippen molar-refractivity contribution in [3.05, 3.63) is 103 Å². The summed E-state index contributed by atoms with van der Waals surface area (Å²) in [7, 11) is -3.56. The van der Waals surface area contributed by atoms with Crippen LogP contribution in [0.25, 0.3) is 11.3 Å². The minimum atomic E-state index is -3.56. The van der Waals surface area contributed by atoms with Crippen molar-refractivity contribution in [2.45, 2.75) is 11.4 Å². The molecule has 0 spiro atoms. The number of nitrogens with one attached hydrogen (secondary N) is 2. The highest BCUT2D eigenvalue weighted by atomic mass is 32.2. The van der Waals surface area contributed by atoms with Gasteiger partial charge in [0.05, 0.1) is 10.6 Å². The van der Waals surface area contributed by atoms with Crippen molar-refractivity contribution in [3.8, 4) is 11.3 Å². The van der Waals surface area contributed by atoms with E-state index in [-0.39, 0.29) is 17.3 Å². The molecule has 156 valence electrons. The third-order valence-electron chi connectivity index (χ3n) is 4.53. The molecule has 0 aliphatic rings. The monoisotopic (exact) mass is 434 g/mol. The van der Waals surface area contributed by atoms with Gasteiger partial charge in [0.1, 0.15) is 18.0 Å². The molecule has 0 saturated carbocycles. The maximum absolute atomic E-state index is 13.5. The number of benzene rings is 3. The molecule has 1 aromatic heterocycles. The largest absolute Gasteiger partial charge is 0.340 e. The van der Waals surface area contributed by atoms with Crippen LogP contribution in [0.3, 0.4) is 0 Å². The molecule has 0 aliphatic carbocycles. The van der Waals surface area contributed by atoms with E-state index in [9.17, 15) is 12.8 Å². The number of hydrogen-bond acceptors (Lipinski definition) is 5. The van der Waals surface area contributed by atoms with Gasteiger partial charge >= 0.3 is 0 Å². The van der Waals surface area contributed by atoms with E-state index in [4.69, 9.17) is 0 Å². The number of sulfonamides is 1. The van der Waals surface area contributed by atoms with E-state index >= 15 is 0 Å². The summed E-state index contributed by atoms with van der Waals surface area (Å²) in [6, 6.07) is 23.5. The minimum Gasteiger partial charge on any atom is -0.340 e. The zero-order chi connectivity index (χ0) is 21.7. The lowest BCUT2D eigenvalue weighted by Crippen LogP contribution is -2.23. The first-order valence-corrected chi connectivity index (χ1v) is 11.0. The lowest BCUT2D eigenvalue weighted by Gasteiger charge is -2.09. The van der Waals surface area contributed by atoms with E-state index in [1.807, 2.05) is 24.3 Å². The van der Waals surface area contributed by atoms with Gasteiger partial charge in [-0.15, -0.1) is 0 Å². The molecule has 0 fully saturated rings. The van der Waals surface area contributed by atoms with E-state index in [1.165, 1.54) is 18.5 Å². The molecule has 0 amide bonds. The summed E-state index contributed by atoms with van der Waals surface area (Å²) in [4.78, 5) is 8.62. The van der Waals surface area contributed by atoms with E-state index in [0.717, 1.165) is 11.3 Å². The quantitative estimate of drug-likeness (QED) is 0.447. The minimum absolute atomic E-state index is 0.175. The average molecular weight is 434 g/mol. The zero-order valence-electron chi connectivity index (χ0n) is 16.4. The van der Waals surface area contributed by atoms with Gasteiger partial charge in [0.15, 0.2) is 0 Å². The van der Waals surface area contributed by atoms with Crippen molar-refractivity contribution in [2.24, 2.45) is 0 Å². The first kappa shape index (κ1) is 20.6. The average Bonchev–Trinajstić information content (AvgIpc) is 2.79. The maximum Gasteiger partial charge on any atom is 0.240 e. The Morgan fingerprint density at radius 2 is 1.61 bits per heavy atom. The third-order valence-corrected chi connectivity index (χ3v) is 5.95. The third kappa shape index (κ3) is 5.30. The van der Waals surface area contributed by atoms with Crippen LogP contribution in [0.1, 0.15) is 5.56 Å². The Labute approximate surface area is 179 Å². The second kappa shape index (κ2) is 9.03. The first-order valence-electron chi connectivity index (χ1n) is 9.48. The summed E-state index contributed by atoms with van der Waals surface area (Å²) in [5.74, 6) is 0.232. The maximum atomic E-state index is 13.5. The molecule has 2 N–H and O–H groups in total. The number of hydrogen-bond donors (Lipinski definition) is 2. The van der Waals surface area contributed by atoms with Crippen molar-refractivity contribution < 1.29 is 12.8 Å². The topological polar surface area (TPSA) is 84.0 Å². The highest BCUT2D eigenvalue weighted by molar-refractivity contribution is 7.89. The first-order chi connectivity index (χ1) is 15.0. The fraction of sp³-hybridized carbons (Fsp3) is 0.0435. The van der Waals surface area contributed by atoms with Crippen LogP contribution in [0.2, 0.25) is 0 Å². The van der Waals surface area contributed by atoms with E-state index in [2.05, 4.69) is 20.0 Å². The molecule has 0 atom stereocenters. The Morgan fingerprint density at radius 3 is 2.35 bits per heavy atom. The molecule has 1 heterocycles. The molecule has 0 radical (unpaired) electrons. The molecule has 0 unspecified atom stereocenters. The molecule has 31 heavy (non-hydrogen) atoms. The van der Waals surface area contributed by atoms with Crippen LogP contribution in [0, 0.1) is 5.82 Å². The zero-order valence-corrected chi connectivity index (χ0v) is 17.2. The van der Waals surface area contributed by atoms with Crippen LogP contribution >= 0.6 is 0 Å². The number of nitrogens with zero attached hydrogens (tertiary/aromatic N) is 2. The number of aromatic nitrogens is 2. The molecule has 8 heteroatoms. The van der Waals surface area contributed by atoms with Crippen molar-refractivity contribution in [1.29, 1.82) is 0 Å². The normalized spacial score (nSPS) is 11.3. The van der Waals surface area contributed by atoms with Gasteiger partial charge in [0.25, 0.3) is 0 Å². The van der Waals surface area contributed by atoms with Gasteiger partial charge in [0.2, 0.25) is 10.0 Å². The van der Waals surface area contributed by atoms with E-state index in [1.54, 1.807) is 48.5 Å². The Kier molecular flexibility index (Phi) is 6.01. The Morgan fingerprint density at radius 1 is 0.839 bits per heavy atom. The molecule has 4 rings (SSSR count). The standard InChI is InChI=1S/C23H19FN4O2S/c24-19-6-4-5-18(13-19)22-14-23(26-16-25-22)28-20-11-9-17(10-12-20)15-27-31(29,30)21-7-2-1-3-8-21/h1-14,16,27H,15H2,(H,25,26,28). The van der Waals surface area contributed by atoms with Crippen molar-refractivity contribution in [1.82, 2.24) is 14.7 Å². The van der Waals surface area contributed by atoms with Crippen LogP contribution in [0.5, 0.6) is 0 Å². The molecular formula is C23H19FN4O2S.